The van der Waals surface area contributed by atoms with Crippen molar-refractivity contribution in [1.29, 1.82) is 0 Å². The van der Waals surface area contributed by atoms with Crippen molar-refractivity contribution in [3.05, 3.63) is 70.7 Å². The Bertz CT molecular complexity index is 1000. The minimum atomic E-state index is 0.302. The zero-order valence-corrected chi connectivity index (χ0v) is 18.8. The molecule has 0 amide bonds. The maximum atomic E-state index is 10.5. The van der Waals surface area contributed by atoms with Gasteiger partial charge in [0.1, 0.15) is 11.5 Å². The van der Waals surface area contributed by atoms with Crippen LogP contribution in [0.3, 0.4) is 0 Å². The van der Waals surface area contributed by atoms with Gasteiger partial charge < -0.3 is 19.5 Å². The highest BCUT2D eigenvalue weighted by molar-refractivity contribution is 6.37. The van der Waals surface area contributed by atoms with Gasteiger partial charge in [-0.15, -0.1) is 0 Å². The van der Waals surface area contributed by atoms with Crippen LogP contribution in [-0.4, -0.2) is 42.9 Å². The molecule has 164 valence electrons. The number of aromatic hydroxyl groups is 1. The van der Waals surface area contributed by atoms with E-state index in [1.54, 1.807) is 13.2 Å². The summed E-state index contributed by atoms with van der Waals surface area (Å²) in [6, 6.07) is 18.0. The second-order valence-corrected chi connectivity index (χ2v) is 8.60. The molecule has 0 atom stereocenters. The number of aryl methyl sites for hydroxylation is 1. The van der Waals surface area contributed by atoms with Gasteiger partial charge in [-0.05, 0) is 66.9 Å². The Balaban J connectivity index is 1.24. The van der Waals surface area contributed by atoms with Gasteiger partial charge in [0, 0.05) is 18.5 Å². The van der Waals surface area contributed by atoms with E-state index in [2.05, 4.69) is 29.2 Å². The second kappa shape index (κ2) is 10.4. The lowest BCUT2D eigenvalue weighted by Gasteiger charge is -2.32. The van der Waals surface area contributed by atoms with Crippen molar-refractivity contribution in [1.82, 2.24) is 4.90 Å². The molecule has 1 aliphatic heterocycles. The van der Waals surface area contributed by atoms with Crippen LogP contribution in [0, 0.1) is 0 Å². The molecule has 0 radical (unpaired) electrons. The summed E-state index contributed by atoms with van der Waals surface area (Å²) in [5.41, 5.74) is 2.20. The molecule has 1 fully saturated rings. The summed E-state index contributed by atoms with van der Waals surface area (Å²) >= 11 is 6.39. The minimum absolute atomic E-state index is 0.302. The average molecular weight is 440 g/mol. The van der Waals surface area contributed by atoms with E-state index in [1.807, 2.05) is 24.3 Å². The zero-order valence-electron chi connectivity index (χ0n) is 18.0. The number of nitrogens with zero attached hydrogens (tertiary/aromatic N) is 1. The van der Waals surface area contributed by atoms with Gasteiger partial charge in [-0.3, -0.25) is 0 Å². The molecule has 0 bridgehead atoms. The summed E-state index contributed by atoms with van der Waals surface area (Å²) in [6.45, 7) is 3.87. The molecule has 1 saturated heterocycles. The lowest BCUT2D eigenvalue weighted by atomic mass is 10.0. The Morgan fingerprint density at radius 3 is 2.58 bits per heavy atom. The Morgan fingerprint density at radius 1 is 1.06 bits per heavy atom. The number of likely N-dealkylation sites (tertiary alicyclic amines) is 1. The van der Waals surface area contributed by atoms with Gasteiger partial charge >= 0.3 is 0 Å². The summed E-state index contributed by atoms with van der Waals surface area (Å²) in [5.74, 6) is 0.924. The van der Waals surface area contributed by atoms with Gasteiger partial charge in [0.15, 0.2) is 0 Å². The summed E-state index contributed by atoms with van der Waals surface area (Å²) in [6.07, 6.45) is 4.36. The lowest BCUT2D eigenvalue weighted by molar-refractivity contribution is -0.00254. The summed E-state index contributed by atoms with van der Waals surface area (Å²) in [5, 5.41) is 12.9. The van der Waals surface area contributed by atoms with Crippen LogP contribution in [-0.2, 0) is 17.8 Å². The predicted molar refractivity (Wildman–Crippen MR) is 126 cm³/mol. The Kier molecular flexibility index (Phi) is 7.33. The van der Waals surface area contributed by atoms with E-state index in [0.29, 0.717) is 29.2 Å². The first-order valence-electron chi connectivity index (χ1n) is 11.0. The van der Waals surface area contributed by atoms with Crippen LogP contribution < -0.4 is 4.74 Å². The van der Waals surface area contributed by atoms with Crippen LogP contribution in [0.1, 0.15) is 30.4 Å². The zero-order chi connectivity index (χ0) is 21.6. The van der Waals surface area contributed by atoms with Crippen LogP contribution in [0.5, 0.6) is 11.5 Å². The first-order chi connectivity index (χ1) is 15.1. The van der Waals surface area contributed by atoms with E-state index in [4.69, 9.17) is 21.1 Å². The third-order valence-electron chi connectivity index (χ3n) is 6.12. The van der Waals surface area contributed by atoms with E-state index in [0.717, 1.165) is 61.7 Å². The third kappa shape index (κ3) is 5.51. The standard InChI is InChI=1S/C26H30ClNO3/c1-30-25-10-9-20-16-21(24(29)17-23(20)26(25)27)8-5-13-28-14-11-22(12-15-28)31-18-19-6-3-2-4-7-19/h2-4,6-7,9-10,16-17,22,29H,5,8,11-15,18H2,1H3. The minimum Gasteiger partial charge on any atom is -0.508 e. The molecule has 0 aromatic heterocycles. The Hall–Kier alpha value is -2.27. The van der Waals surface area contributed by atoms with Gasteiger partial charge in [-0.25, -0.2) is 0 Å². The summed E-state index contributed by atoms with van der Waals surface area (Å²) in [7, 11) is 1.60. The smallest absolute Gasteiger partial charge is 0.138 e. The number of methoxy groups -OCH3 is 1. The number of rotatable bonds is 8. The van der Waals surface area contributed by atoms with Crippen molar-refractivity contribution in [2.75, 3.05) is 26.7 Å². The Labute approximate surface area is 189 Å². The van der Waals surface area contributed by atoms with E-state index in [9.17, 15) is 5.11 Å². The fourth-order valence-corrected chi connectivity index (χ4v) is 4.59. The fraction of sp³-hybridized carbons (Fsp3) is 0.385. The van der Waals surface area contributed by atoms with Crippen LogP contribution in [0.2, 0.25) is 5.02 Å². The first-order valence-corrected chi connectivity index (χ1v) is 11.4. The lowest BCUT2D eigenvalue weighted by Crippen LogP contribution is -2.37. The SMILES string of the molecule is COc1ccc2cc(CCCN3CCC(OCc4ccccc4)CC3)c(O)cc2c1Cl. The molecule has 0 spiro atoms. The molecule has 5 heteroatoms. The maximum Gasteiger partial charge on any atom is 0.138 e. The number of hydrogen-bond donors (Lipinski definition) is 1. The third-order valence-corrected chi connectivity index (χ3v) is 6.51. The Morgan fingerprint density at radius 2 is 1.84 bits per heavy atom. The maximum absolute atomic E-state index is 10.5. The van der Waals surface area contributed by atoms with E-state index >= 15 is 0 Å². The molecule has 31 heavy (non-hydrogen) atoms. The van der Waals surface area contributed by atoms with Gasteiger partial charge in [-0.2, -0.15) is 0 Å². The van der Waals surface area contributed by atoms with Gasteiger partial charge in [-0.1, -0.05) is 48.0 Å². The number of halogens is 1. The number of hydrogen-bond acceptors (Lipinski definition) is 4. The molecule has 3 aromatic rings. The monoisotopic (exact) mass is 439 g/mol. The van der Waals surface area contributed by atoms with Crippen LogP contribution in [0.4, 0.5) is 0 Å². The normalized spacial score (nSPS) is 15.4. The second-order valence-electron chi connectivity index (χ2n) is 8.23. The van der Waals surface area contributed by atoms with Crippen LogP contribution >= 0.6 is 11.6 Å². The molecular weight excluding hydrogens is 410 g/mol. The fourth-order valence-electron chi connectivity index (χ4n) is 4.29. The summed E-state index contributed by atoms with van der Waals surface area (Å²) < 4.78 is 11.4. The summed E-state index contributed by atoms with van der Waals surface area (Å²) in [4.78, 5) is 2.50. The van der Waals surface area contributed by atoms with Gasteiger partial charge in [0.25, 0.3) is 0 Å². The molecule has 3 aromatic carbocycles. The number of piperidine rings is 1. The van der Waals surface area contributed by atoms with Crippen molar-refractivity contribution >= 4 is 22.4 Å². The number of phenols is 1. The highest BCUT2D eigenvalue weighted by Crippen LogP contribution is 2.36. The molecule has 0 unspecified atom stereocenters. The molecule has 0 saturated carbocycles. The predicted octanol–water partition coefficient (Wildman–Crippen LogP) is 5.82. The van der Waals surface area contributed by atoms with Crippen molar-refractivity contribution < 1.29 is 14.6 Å². The van der Waals surface area contributed by atoms with E-state index in [1.165, 1.54) is 5.56 Å². The molecular formula is C26H30ClNO3. The van der Waals surface area contributed by atoms with Crippen molar-refractivity contribution in [3.63, 3.8) is 0 Å². The molecule has 0 aliphatic carbocycles. The molecule has 4 rings (SSSR count). The van der Waals surface area contributed by atoms with Crippen molar-refractivity contribution in [2.45, 2.75) is 38.4 Å². The van der Waals surface area contributed by atoms with Gasteiger partial charge in [0.05, 0.1) is 24.8 Å². The van der Waals surface area contributed by atoms with Gasteiger partial charge in [0.2, 0.25) is 0 Å². The topological polar surface area (TPSA) is 41.9 Å². The quantitative estimate of drug-likeness (QED) is 0.480. The average Bonchev–Trinajstić information content (AvgIpc) is 2.80. The molecule has 1 N–H and O–H groups in total. The molecule has 1 aliphatic rings. The van der Waals surface area contributed by atoms with E-state index < -0.39 is 0 Å². The first kappa shape index (κ1) is 21.9. The van der Waals surface area contributed by atoms with Crippen molar-refractivity contribution in [3.8, 4) is 11.5 Å². The van der Waals surface area contributed by atoms with Crippen molar-refractivity contribution in [2.24, 2.45) is 0 Å². The number of benzene rings is 3. The van der Waals surface area contributed by atoms with Crippen LogP contribution in [0.15, 0.2) is 54.6 Å². The van der Waals surface area contributed by atoms with E-state index in [-0.39, 0.29) is 0 Å². The highest BCUT2D eigenvalue weighted by atomic mass is 35.5. The number of fused-ring (bicyclic) bond motifs is 1. The van der Waals surface area contributed by atoms with Crippen LogP contribution in [0.25, 0.3) is 10.8 Å². The molecule has 4 nitrogen and oxygen atoms in total. The number of phenolic OH excluding ortho intramolecular Hbond substituents is 1. The highest BCUT2D eigenvalue weighted by Gasteiger charge is 2.19. The largest absolute Gasteiger partial charge is 0.508 e. The molecule has 1 heterocycles. The number of ether oxygens (including phenoxy) is 2.